The molecule has 106 valence electrons. The van der Waals surface area contributed by atoms with E-state index < -0.39 is 0 Å². The van der Waals surface area contributed by atoms with Crippen LogP contribution in [0.4, 0.5) is 0 Å². The Morgan fingerprint density at radius 2 is 1.68 bits per heavy atom. The second kappa shape index (κ2) is 5.28. The minimum absolute atomic E-state index is 0.251. The molecule has 1 heteroatoms. The van der Waals surface area contributed by atoms with Crippen molar-refractivity contribution in [1.29, 1.82) is 0 Å². The van der Waals surface area contributed by atoms with Crippen molar-refractivity contribution in [1.82, 2.24) is 0 Å². The van der Waals surface area contributed by atoms with E-state index in [-0.39, 0.29) is 11.5 Å². The second-order valence-corrected chi connectivity index (χ2v) is 7.10. The third-order valence-corrected chi connectivity index (χ3v) is 5.00. The predicted molar refractivity (Wildman–Crippen MR) is 81.4 cm³/mol. The number of hydrogen-bond donors (Lipinski definition) is 1. The second-order valence-electron chi connectivity index (χ2n) is 7.10. The Kier molecular flexibility index (Phi) is 4.06. The van der Waals surface area contributed by atoms with Crippen LogP contribution in [0.2, 0.25) is 0 Å². The first-order valence-corrected chi connectivity index (χ1v) is 7.59. The SMILES string of the molecule is Cc1cc(C)c(C(O)C2CCCCC2(C)C)c(C)c1. The van der Waals surface area contributed by atoms with E-state index in [2.05, 4.69) is 46.8 Å². The normalized spacial score (nSPS) is 24.2. The van der Waals surface area contributed by atoms with Gasteiger partial charge in [-0.05, 0) is 61.6 Å². The molecule has 1 saturated carbocycles. The van der Waals surface area contributed by atoms with Crippen molar-refractivity contribution in [3.63, 3.8) is 0 Å². The van der Waals surface area contributed by atoms with Crippen LogP contribution in [0, 0.1) is 32.1 Å². The van der Waals surface area contributed by atoms with Crippen LogP contribution < -0.4 is 0 Å². The predicted octanol–water partition coefficient (Wildman–Crippen LogP) is 4.86. The van der Waals surface area contributed by atoms with Gasteiger partial charge in [-0.25, -0.2) is 0 Å². The van der Waals surface area contributed by atoms with Crippen molar-refractivity contribution >= 4 is 0 Å². The lowest BCUT2D eigenvalue weighted by Crippen LogP contribution is -2.33. The summed E-state index contributed by atoms with van der Waals surface area (Å²) in [5.41, 5.74) is 5.19. The Balaban J connectivity index is 2.36. The molecule has 1 N–H and O–H groups in total. The zero-order valence-electron chi connectivity index (χ0n) is 13.1. The Hall–Kier alpha value is -0.820. The molecule has 0 amide bonds. The van der Waals surface area contributed by atoms with Crippen molar-refractivity contribution in [3.8, 4) is 0 Å². The van der Waals surface area contributed by atoms with E-state index in [0.29, 0.717) is 5.92 Å². The third-order valence-electron chi connectivity index (χ3n) is 5.00. The zero-order chi connectivity index (χ0) is 14.2. The van der Waals surface area contributed by atoms with E-state index in [1.54, 1.807) is 0 Å². The van der Waals surface area contributed by atoms with E-state index in [9.17, 15) is 5.11 Å². The average Bonchev–Trinajstić information content (AvgIpc) is 2.26. The summed E-state index contributed by atoms with van der Waals surface area (Å²) < 4.78 is 0. The van der Waals surface area contributed by atoms with Crippen LogP contribution in [0.25, 0.3) is 0 Å². The van der Waals surface area contributed by atoms with Gasteiger partial charge in [0.05, 0.1) is 6.10 Å². The molecule has 0 aliphatic heterocycles. The molecule has 1 aromatic rings. The minimum atomic E-state index is -0.309. The first-order valence-electron chi connectivity index (χ1n) is 7.59. The summed E-state index contributed by atoms with van der Waals surface area (Å²) in [5, 5.41) is 10.9. The molecule has 2 atom stereocenters. The molecule has 0 radical (unpaired) electrons. The minimum Gasteiger partial charge on any atom is -0.388 e. The fraction of sp³-hybridized carbons (Fsp3) is 0.667. The van der Waals surface area contributed by atoms with E-state index in [1.165, 1.54) is 41.5 Å². The van der Waals surface area contributed by atoms with Gasteiger partial charge in [-0.3, -0.25) is 0 Å². The topological polar surface area (TPSA) is 20.2 Å². The first kappa shape index (κ1) is 14.6. The molecule has 0 aromatic heterocycles. The van der Waals surface area contributed by atoms with Gasteiger partial charge in [-0.15, -0.1) is 0 Å². The van der Waals surface area contributed by atoms with Crippen LogP contribution in [-0.4, -0.2) is 5.11 Å². The van der Waals surface area contributed by atoms with Gasteiger partial charge in [0.15, 0.2) is 0 Å². The van der Waals surface area contributed by atoms with Gasteiger partial charge in [0.1, 0.15) is 0 Å². The number of aryl methyl sites for hydroxylation is 3. The summed E-state index contributed by atoms with van der Waals surface area (Å²) in [6, 6.07) is 4.39. The molecule has 2 unspecified atom stereocenters. The van der Waals surface area contributed by atoms with Crippen molar-refractivity contribution in [2.24, 2.45) is 11.3 Å². The smallest absolute Gasteiger partial charge is 0.0828 e. The molecule has 0 spiro atoms. The van der Waals surface area contributed by atoms with Crippen LogP contribution >= 0.6 is 0 Å². The van der Waals surface area contributed by atoms with Gasteiger partial charge >= 0.3 is 0 Å². The van der Waals surface area contributed by atoms with E-state index >= 15 is 0 Å². The summed E-state index contributed by atoms with van der Waals surface area (Å²) in [5.74, 6) is 0.390. The van der Waals surface area contributed by atoms with Gasteiger partial charge in [-0.1, -0.05) is 44.4 Å². The average molecular weight is 260 g/mol. The molecule has 1 fully saturated rings. The zero-order valence-corrected chi connectivity index (χ0v) is 13.1. The lowest BCUT2D eigenvalue weighted by Gasteiger charge is -2.42. The van der Waals surface area contributed by atoms with Gasteiger partial charge in [-0.2, -0.15) is 0 Å². The Morgan fingerprint density at radius 3 is 2.21 bits per heavy atom. The number of rotatable bonds is 2. The molecule has 1 aromatic carbocycles. The first-order chi connectivity index (χ1) is 8.83. The highest BCUT2D eigenvalue weighted by molar-refractivity contribution is 5.39. The molecular formula is C18H28O. The van der Waals surface area contributed by atoms with E-state index in [4.69, 9.17) is 0 Å². The highest BCUT2D eigenvalue weighted by atomic mass is 16.3. The highest BCUT2D eigenvalue weighted by Gasteiger charge is 2.38. The van der Waals surface area contributed by atoms with Crippen LogP contribution in [-0.2, 0) is 0 Å². The maximum Gasteiger partial charge on any atom is 0.0828 e. The molecule has 1 aliphatic rings. The van der Waals surface area contributed by atoms with Gasteiger partial charge < -0.3 is 5.11 Å². The van der Waals surface area contributed by atoms with Crippen molar-refractivity contribution in [2.75, 3.05) is 0 Å². The molecule has 0 heterocycles. The monoisotopic (exact) mass is 260 g/mol. The fourth-order valence-corrected chi connectivity index (χ4v) is 3.97. The molecule has 19 heavy (non-hydrogen) atoms. The number of aliphatic hydroxyl groups is 1. The lowest BCUT2D eigenvalue weighted by atomic mass is 9.65. The van der Waals surface area contributed by atoms with Gasteiger partial charge in [0.2, 0.25) is 0 Å². The number of aliphatic hydroxyl groups excluding tert-OH is 1. The number of hydrogen-bond acceptors (Lipinski definition) is 1. The Morgan fingerprint density at radius 1 is 1.11 bits per heavy atom. The molecule has 1 nitrogen and oxygen atoms in total. The summed E-state index contributed by atoms with van der Waals surface area (Å²) in [6.45, 7) is 11.0. The van der Waals surface area contributed by atoms with Crippen molar-refractivity contribution in [2.45, 2.75) is 66.4 Å². The summed E-state index contributed by atoms with van der Waals surface area (Å²) >= 11 is 0. The molecule has 1 aliphatic carbocycles. The number of benzene rings is 1. The maximum absolute atomic E-state index is 10.9. The summed E-state index contributed by atoms with van der Waals surface area (Å²) in [4.78, 5) is 0. The van der Waals surface area contributed by atoms with Gasteiger partial charge in [0.25, 0.3) is 0 Å². The molecular weight excluding hydrogens is 232 g/mol. The largest absolute Gasteiger partial charge is 0.388 e. The quantitative estimate of drug-likeness (QED) is 0.805. The van der Waals surface area contributed by atoms with Crippen LogP contribution in [0.1, 0.15) is 67.9 Å². The fourth-order valence-electron chi connectivity index (χ4n) is 3.97. The van der Waals surface area contributed by atoms with E-state index in [1.807, 2.05) is 0 Å². The molecule has 0 bridgehead atoms. The lowest BCUT2D eigenvalue weighted by molar-refractivity contribution is 0.00320. The maximum atomic E-state index is 10.9. The van der Waals surface area contributed by atoms with Crippen LogP contribution in [0.5, 0.6) is 0 Å². The van der Waals surface area contributed by atoms with Crippen LogP contribution in [0.3, 0.4) is 0 Å². The third kappa shape index (κ3) is 2.86. The highest BCUT2D eigenvalue weighted by Crippen LogP contribution is 2.47. The van der Waals surface area contributed by atoms with Gasteiger partial charge in [0, 0.05) is 0 Å². The summed E-state index contributed by atoms with van der Waals surface area (Å²) in [6.07, 6.45) is 4.65. The van der Waals surface area contributed by atoms with E-state index in [0.717, 1.165) is 6.42 Å². The van der Waals surface area contributed by atoms with Crippen molar-refractivity contribution in [3.05, 3.63) is 34.4 Å². The standard InChI is InChI=1S/C18H28O/c1-12-10-13(2)16(14(3)11-12)17(19)15-8-6-7-9-18(15,4)5/h10-11,15,17,19H,6-9H2,1-5H3. The molecule has 0 saturated heterocycles. The molecule has 2 rings (SSSR count). The van der Waals surface area contributed by atoms with Crippen molar-refractivity contribution < 1.29 is 5.11 Å². The summed E-state index contributed by atoms with van der Waals surface area (Å²) in [7, 11) is 0. The van der Waals surface area contributed by atoms with Crippen LogP contribution in [0.15, 0.2) is 12.1 Å². The Labute approximate surface area is 118 Å². The Bertz CT molecular complexity index is 436.